The summed E-state index contributed by atoms with van der Waals surface area (Å²) in [6.45, 7) is 3.36. The first-order valence-electron chi connectivity index (χ1n) is 4.89. The van der Waals surface area contributed by atoms with Crippen LogP contribution in [-0.4, -0.2) is 18.5 Å². The number of hydrogen-bond donors (Lipinski definition) is 0. The molecule has 4 heteroatoms. The Kier molecular flexibility index (Phi) is 4.05. The van der Waals surface area contributed by atoms with Crippen molar-refractivity contribution in [3.8, 4) is 0 Å². The number of carbonyl (C=O) groups excluding carboxylic acids is 1. The molecule has 0 fully saturated rings. The van der Waals surface area contributed by atoms with Crippen molar-refractivity contribution < 1.29 is 13.9 Å². The highest BCUT2D eigenvalue weighted by atomic mass is 35.5. The molecular formula is C12H14ClFO2. The first-order chi connectivity index (χ1) is 7.36. The van der Waals surface area contributed by atoms with Crippen LogP contribution in [0.4, 0.5) is 4.39 Å². The van der Waals surface area contributed by atoms with Crippen molar-refractivity contribution in [2.24, 2.45) is 0 Å². The van der Waals surface area contributed by atoms with Crippen molar-refractivity contribution in [1.29, 1.82) is 0 Å². The van der Waals surface area contributed by atoms with E-state index in [1.807, 2.05) is 0 Å². The molecule has 1 rings (SSSR count). The molecule has 1 aromatic rings. The molecule has 1 aromatic carbocycles. The summed E-state index contributed by atoms with van der Waals surface area (Å²) in [7, 11) is 1.47. The standard InChI is InChI=1S/C12H14ClFO2/c1-12(2,16-3)11(15)7-8-4-5-9(13)10(14)6-8/h4-6H,7H2,1-3H3. The van der Waals surface area contributed by atoms with E-state index in [1.54, 1.807) is 19.9 Å². The van der Waals surface area contributed by atoms with Gasteiger partial charge in [0, 0.05) is 13.5 Å². The second-order valence-corrected chi connectivity index (χ2v) is 4.47. The Balaban J connectivity index is 2.82. The third-order valence-corrected chi connectivity index (χ3v) is 2.84. The van der Waals surface area contributed by atoms with Gasteiger partial charge in [-0.3, -0.25) is 4.79 Å². The maximum atomic E-state index is 13.1. The van der Waals surface area contributed by atoms with Gasteiger partial charge in [0.25, 0.3) is 0 Å². The average Bonchev–Trinajstić information content (AvgIpc) is 2.23. The van der Waals surface area contributed by atoms with Crippen LogP contribution < -0.4 is 0 Å². The molecule has 16 heavy (non-hydrogen) atoms. The monoisotopic (exact) mass is 244 g/mol. The van der Waals surface area contributed by atoms with Gasteiger partial charge in [0.1, 0.15) is 11.4 Å². The maximum Gasteiger partial charge on any atom is 0.168 e. The zero-order valence-electron chi connectivity index (χ0n) is 9.51. The van der Waals surface area contributed by atoms with Crippen LogP contribution in [-0.2, 0) is 16.0 Å². The molecule has 88 valence electrons. The summed E-state index contributed by atoms with van der Waals surface area (Å²) in [5.74, 6) is -0.612. The maximum absolute atomic E-state index is 13.1. The summed E-state index contributed by atoms with van der Waals surface area (Å²) in [5.41, 5.74) is -0.257. The summed E-state index contributed by atoms with van der Waals surface area (Å²) >= 11 is 5.55. The molecule has 0 spiro atoms. The number of ketones is 1. The molecule has 0 heterocycles. The second-order valence-electron chi connectivity index (χ2n) is 4.06. The third-order valence-electron chi connectivity index (χ3n) is 2.53. The molecule has 0 amide bonds. The summed E-state index contributed by atoms with van der Waals surface area (Å²) in [6.07, 6.45) is 0.134. The van der Waals surface area contributed by atoms with Crippen molar-refractivity contribution in [1.82, 2.24) is 0 Å². The molecule has 0 saturated heterocycles. The van der Waals surface area contributed by atoms with Crippen LogP contribution in [0, 0.1) is 5.82 Å². The minimum Gasteiger partial charge on any atom is -0.371 e. The van der Waals surface area contributed by atoms with E-state index in [0.717, 1.165) is 0 Å². The number of Topliss-reactive ketones (excluding diaryl/α,β-unsaturated/α-hetero) is 1. The number of methoxy groups -OCH3 is 1. The predicted octanol–water partition coefficient (Wildman–Crippen LogP) is 3.02. The molecule has 0 saturated carbocycles. The predicted molar refractivity (Wildman–Crippen MR) is 61.2 cm³/mol. The molecule has 0 atom stereocenters. The summed E-state index contributed by atoms with van der Waals surface area (Å²) in [4.78, 5) is 11.8. The van der Waals surface area contributed by atoms with Gasteiger partial charge in [0.2, 0.25) is 0 Å². The van der Waals surface area contributed by atoms with E-state index in [1.165, 1.54) is 19.2 Å². The summed E-state index contributed by atoms with van der Waals surface area (Å²) < 4.78 is 18.2. The Morgan fingerprint density at radius 3 is 2.62 bits per heavy atom. The normalized spacial score (nSPS) is 11.6. The van der Waals surface area contributed by atoms with Crippen LogP contribution in [0.5, 0.6) is 0 Å². The molecule has 0 bridgehead atoms. The minimum absolute atomic E-state index is 0.0576. The molecule has 0 aromatic heterocycles. The zero-order valence-corrected chi connectivity index (χ0v) is 10.3. The lowest BCUT2D eigenvalue weighted by molar-refractivity contribution is -0.136. The molecule has 0 aliphatic carbocycles. The molecule has 2 nitrogen and oxygen atoms in total. The van der Waals surface area contributed by atoms with Crippen LogP contribution in [0.15, 0.2) is 18.2 Å². The van der Waals surface area contributed by atoms with Crippen LogP contribution in [0.3, 0.4) is 0 Å². The molecule has 0 aliphatic heterocycles. The first kappa shape index (κ1) is 13.1. The topological polar surface area (TPSA) is 26.3 Å². The van der Waals surface area contributed by atoms with Gasteiger partial charge in [-0.25, -0.2) is 4.39 Å². The number of hydrogen-bond acceptors (Lipinski definition) is 2. The Bertz CT molecular complexity index is 402. The van der Waals surface area contributed by atoms with Gasteiger partial charge >= 0.3 is 0 Å². The van der Waals surface area contributed by atoms with E-state index in [2.05, 4.69) is 0 Å². The van der Waals surface area contributed by atoms with Crippen LogP contribution in [0.1, 0.15) is 19.4 Å². The molecule has 0 N–H and O–H groups in total. The molecule has 0 radical (unpaired) electrons. The van der Waals surface area contributed by atoms with Crippen molar-refractivity contribution in [2.45, 2.75) is 25.9 Å². The van der Waals surface area contributed by atoms with E-state index in [9.17, 15) is 9.18 Å². The first-order valence-corrected chi connectivity index (χ1v) is 5.27. The SMILES string of the molecule is COC(C)(C)C(=O)Cc1ccc(Cl)c(F)c1. The van der Waals surface area contributed by atoms with Gasteiger partial charge in [-0.1, -0.05) is 17.7 Å². The highest BCUT2D eigenvalue weighted by Crippen LogP contribution is 2.18. The van der Waals surface area contributed by atoms with Gasteiger partial charge in [-0.15, -0.1) is 0 Å². The van der Waals surface area contributed by atoms with Crippen molar-refractivity contribution in [2.75, 3.05) is 7.11 Å². The lowest BCUT2D eigenvalue weighted by atomic mass is 9.97. The van der Waals surface area contributed by atoms with Crippen molar-refractivity contribution >= 4 is 17.4 Å². The van der Waals surface area contributed by atoms with E-state index >= 15 is 0 Å². The quantitative estimate of drug-likeness (QED) is 0.814. The van der Waals surface area contributed by atoms with Gasteiger partial charge < -0.3 is 4.74 Å². The van der Waals surface area contributed by atoms with Crippen molar-refractivity contribution in [3.05, 3.63) is 34.6 Å². The highest BCUT2D eigenvalue weighted by Gasteiger charge is 2.26. The van der Waals surface area contributed by atoms with Gasteiger partial charge in [-0.05, 0) is 31.5 Å². The number of carbonyl (C=O) groups is 1. The van der Waals surface area contributed by atoms with Gasteiger partial charge in [-0.2, -0.15) is 0 Å². The number of benzene rings is 1. The Morgan fingerprint density at radius 1 is 1.50 bits per heavy atom. The lowest BCUT2D eigenvalue weighted by Gasteiger charge is -2.21. The fraction of sp³-hybridized carbons (Fsp3) is 0.417. The number of ether oxygens (including phenoxy) is 1. The van der Waals surface area contributed by atoms with Crippen molar-refractivity contribution in [3.63, 3.8) is 0 Å². The second kappa shape index (κ2) is 4.93. The summed E-state index contributed by atoms with van der Waals surface area (Å²) in [5, 5.41) is 0.0576. The number of rotatable bonds is 4. The van der Waals surface area contributed by atoms with Gasteiger partial charge in [0.15, 0.2) is 5.78 Å². The van der Waals surface area contributed by atoms with Crippen LogP contribution >= 0.6 is 11.6 Å². The van der Waals surface area contributed by atoms with Gasteiger partial charge in [0.05, 0.1) is 5.02 Å². The van der Waals surface area contributed by atoms with Crippen LogP contribution in [0.2, 0.25) is 5.02 Å². The molecule has 0 unspecified atom stereocenters. The van der Waals surface area contributed by atoms with E-state index in [0.29, 0.717) is 5.56 Å². The average molecular weight is 245 g/mol. The molecular weight excluding hydrogens is 231 g/mol. The Hall–Kier alpha value is -0.930. The lowest BCUT2D eigenvalue weighted by Crippen LogP contribution is -2.35. The summed E-state index contributed by atoms with van der Waals surface area (Å²) in [6, 6.07) is 4.35. The van der Waals surface area contributed by atoms with E-state index in [-0.39, 0.29) is 17.2 Å². The fourth-order valence-corrected chi connectivity index (χ4v) is 1.28. The van der Waals surface area contributed by atoms with E-state index in [4.69, 9.17) is 16.3 Å². The smallest absolute Gasteiger partial charge is 0.168 e. The zero-order chi connectivity index (χ0) is 12.3. The van der Waals surface area contributed by atoms with Crippen LogP contribution in [0.25, 0.3) is 0 Å². The fourth-order valence-electron chi connectivity index (χ4n) is 1.16. The molecule has 0 aliphatic rings. The van der Waals surface area contributed by atoms with E-state index < -0.39 is 11.4 Å². The third kappa shape index (κ3) is 3.03. The largest absolute Gasteiger partial charge is 0.371 e. The highest BCUT2D eigenvalue weighted by molar-refractivity contribution is 6.30. The minimum atomic E-state index is -0.851. The Labute approximate surface area is 99.4 Å². The number of halogens is 2. The Morgan fingerprint density at radius 2 is 2.12 bits per heavy atom.